The lowest BCUT2D eigenvalue weighted by Crippen LogP contribution is -2.40. The van der Waals surface area contributed by atoms with Crippen molar-refractivity contribution in [1.82, 2.24) is 4.31 Å². The smallest absolute Gasteiger partial charge is 0.325 e. The van der Waals surface area contributed by atoms with Crippen molar-refractivity contribution in [2.24, 2.45) is 0 Å². The van der Waals surface area contributed by atoms with Gasteiger partial charge in [0.15, 0.2) is 0 Å². The second kappa shape index (κ2) is 9.55. The number of nitrogens with zero attached hydrogens (tertiary/aromatic N) is 1. The molecule has 0 bridgehead atoms. The van der Waals surface area contributed by atoms with E-state index in [1.807, 2.05) is 0 Å². The molecule has 0 saturated carbocycles. The largest absolute Gasteiger partial charge is 0.468 e. The van der Waals surface area contributed by atoms with E-state index < -0.39 is 16.0 Å². The van der Waals surface area contributed by atoms with E-state index in [9.17, 15) is 13.2 Å². The number of rotatable bonds is 8. The van der Waals surface area contributed by atoms with Crippen LogP contribution in [-0.2, 0) is 29.0 Å². The molecule has 2 aliphatic rings. The van der Waals surface area contributed by atoms with Gasteiger partial charge >= 0.3 is 5.97 Å². The third kappa shape index (κ3) is 5.13. The first-order chi connectivity index (χ1) is 13.5. The fourth-order valence-corrected chi connectivity index (χ4v) is 4.62. The Balaban J connectivity index is 1.79. The van der Waals surface area contributed by atoms with Crippen molar-refractivity contribution in [2.45, 2.75) is 23.8 Å². The number of benzene rings is 1. The number of ether oxygens (including phenoxy) is 3. The Kier molecular flexibility index (Phi) is 7.11. The molecule has 2 N–H and O–H groups in total. The van der Waals surface area contributed by atoms with Crippen LogP contribution in [0.2, 0.25) is 0 Å². The fourth-order valence-electron chi connectivity index (χ4n) is 3.19. The molecular weight excluding hydrogens is 386 g/mol. The number of carbonyl (C=O) groups is 1. The first-order valence-corrected chi connectivity index (χ1v) is 10.8. The Morgan fingerprint density at radius 1 is 1.21 bits per heavy atom. The molecule has 0 aromatic heterocycles. The minimum Gasteiger partial charge on any atom is -0.468 e. The summed E-state index contributed by atoms with van der Waals surface area (Å²) in [4.78, 5) is 11.7. The second-order valence-corrected chi connectivity index (χ2v) is 8.61. The highest BCUT2D eigenvalue weighted by Crippen LogP contribution is 2.28. The lowest BCUT2D eigenvalue weighted by Gasteiger charge is -2.26. The van der Waals surface area contributed by atoms with E-state index in [2.05, 4.69) is 15.4 Å². The minimum absolute atomic E-state index is 0.0633. The molecular formula is C18H27N3O6S. The predicted molar refractivity (Wildman–Crippen MR) is 104 cm³/mol. The van der Waals surface area contributed by atoms with Crippen molar-refractivity contribution in [3.8, 4) is 0 Å². The van der Waals surface area contributed by atoms with Crippen LogP contribution >= 0.6 is 0 Å². The molecule has 10 heteroatoms. The monoisotopic (exact) mass is 413 g/mol. The van der Waals surface area contributed by atoms with Crippen LogP contribution in [0, 0.1) is 0 Å². The average Bonchev–Trinajstić information content (AvgIpc) is 3.25. The fraction of sp³-hybridized carbons (Fsp3) is 0.611. The molecule has 9 nitrogen and oxygen atoms in total. The highest BCUT2D eigenvalue weighted by molar-refractivity contribution is 7.89. The second-order valence-electron chi connectivity index (χ2n) is 6.67. The number of hydrogen-bond acceptors (Lipinski definition) is 8. The molecule has 28 heavy (non-hydrogen) atoms. The van der Waals surface area contributed by atoms with Crippen molar-refractivity contribution < 1.29 is 27.4 Å². The van der Waals surface area contributed by atoms with Crippen LogP contribution in [0.4, 0.5) is 11.4 Å². The van der Waals surface area contributed by atoms with Crippen LogP contribution in [0.5, 0.6) is 0 Å². The molecule has 0 radical (unpaired) electrons. The van der Waals surface area contributed by atoms with Crippen LogP contribution in [-0.4, -0.2) is 77.9 Å². The van der Waals surface area contributed by atoms with E-state index in [1.54, 1.807) is 18.2 Å². The van der Waals surface area contributed by atoms with E-state index >= 15 is 0 Å². The van der Waals surface area contributed by atoms with Crippen LogP contribution < -0.4 is 10.6 Å². The maximum atomic E-state index is 12.9. The standard InChI is InChI=1S/C18H27N3O6S/c1-25-18(22)13-20-17-11-15(28(23,24)21-6-9-26-10-7-21)4-5-16(17)19-12-14-3-2-8-27-14/h4-5,11,14,19-20H,2-3,6-10,12-13H2,1H3. The zero-order chi connectivity index (χ0) is 20.0. The molecule has 2 heterocycles. The van der Waals surface area contributed by atoms with E-state index in [0.29, 0.717) is 44.2 Å². The van der Waals surface area contributed by atoms with Gasteiger partial charge in [-0.15, -0.1) is 0 Å². The van der Waals surface area contributed by atoms with Gasteiger partial charge in [0, 0.05) is 26.2 Å². The summed E-state index contributed by atoms with van der Waals surface area (Å²) in [5.74, 6) is -0.438. The first kappa shape index (κ1) is 20.8. The molecule has 2 aliphatic heterocycles. The third-order valence-electron chi connectivity index (χ3n) is 4.79. The summed E-state index contributed by atoms with van der Waals surface area (Å²) >= 11 is 0. The summed E-state index contributed by atoms with van der Waals surface area (Å²) < 4.78 is 42.8. The van der Waals surface area contributed by atoms with Crippen LogP contribution in [0.3, 0.4) is 0 Å². The zero-order valence-corrected chi connectivity index (χ0v) is 16.8. The first-order valence-electron chi connectivity index (χ1n) is 9.39. The van der Waals surface area contributed by atoms with Gasteiger partial charge in [-0.25, -0.2) is 8.42 Å². The van der Waals surface area contributed by atoms with Gasteiger partial charge in [0.2, 0.25) is 10.0 Å². The van der Waals surface area contributed by atoms with E-state index in [0.717, 1.165) is 19.4 Å². The van der Waals surface area contributed by atoms with Gasteiger partial charge < -0.3 is 24.8 Å². The summed E-state index contributed by atoms with van der Waals surface area (Å²) in [7, 11) is -2.33. The van der Waals surface area contributed by atoms with E-state index in [-0.39, 0.29) is 17.5 Å². The van der Waals surface area contributed by atoms with Crippen molar-refractivity contribution >= 4 is 27.4 Å². The van der Waals surface area contributed by atoms with Crippen molar-refractivity contribution in [2.75, 3.05) is 63.7 Å². The summed E-state index contributed by atoms with van der Waals surface area (Å²) in [6.45, 7) is 2.73. The van der Waals surface area contributed by atoms with Crippen molar-refractivity contribution in [3.63, 3.8) is 0 Å². The molecule has 3 rings (SSSR count). The maximum Gasteiger partial charge on any atom is 0.325 e. The average molecular weight is 413 g/mol. The maximum absolute atomic E-state index is 12.9. The van der Waals surface area contributed by atoms with E-state index in [1.165, 1.54) is 11.4 Å². The molecule has 0 amide bonds. The Bertz CT molecular complexity index is 774. The predicted octanol–water partition coefficient (Wildman–Crippen LogP) is 0.883. The lowest BCUT2D eigenvalue weighted by atomic mass is 10.2. The molecule has 0 spiro atoms. The number of sulfonamides is 1. The number of methoxy groups -OCH3 is 1. The van der Waals surface area contributed by atoms with Gasteiger partial charge in [0.1, 0.15) is 6.54 Å². The molecule has 1 unspecified atom stereocenters. The van der Waals surface area contributed by atoms with Crippen LogP contribution in [0.15, 0.2) is 23.1 Å². The van der Waals surface area contributed by atoms with E-state index in [4.69, 9.17) is 9.47 Å². The lowest BCUT2D eigenvalue weighted by molar-refractivity contribution is -0.138. The van der Waals surface area contributed by atoms with Gasteiger partial charge in [-0.3, -0.25) is 4.79 Å². The molecule has 2 fully saturated rings. The number of morpholine rings is 1. The summed E-state index contributed by atoms with van der Waals surface area (Å²) in [6.07, 6.45) is 2.16. The van der Waals surface area contributed by atoms with Crippen molar-refractivity contribution in [3.05, 3.63) is 18.2 Å². The number of nitrogens with one attached hydrogen (secondary N) is 2. The normalized spacial score (nSPS) is 20.7. The molecule has 1 aromatic rings. The third-order valence-corrected chi connectivity index (χ3v) is 6.69. The van der Waals surface area contributed by atoms with Crippen LogP contribution in [0.1, 0.15) is 12.8 Å². The summed E-state index contributed by atoms with van der Waals surface area (Å²) in [5.41, 5.74) is 1.23. The number of carbonyl (C=O) groups excluding carboxylic acids is 1. The Morgan fingerprint density at radius 3 is 2.68 bits per heavy atom. The van der Waals surface area contributed by atoms with Gasteiger partial charge in [0.25, 0.3) is 0 Å². The number of hydrogen-bond donors (Lipinski definition) is 2. The highest BCUT2D eigenvalue weighted by atomic mass is 32.2. The Labute approximate surface area is 165 Å². The van der Waals surface area contributed by atoms with Crippen LogP contribution in [0.25, 0.3) is 0 Å². The zero-order valence-electron chi connectivity index (χ0n) is 16.0. The Hall–Kier alpha value is -1.88. The Morgan fingerprint density at radius 2 is 2.00 bits per heavy atom. The summed E-state index contributed by atoms with van der Waals surface area (Å²) in [6, 6.07) is 4.83. The van der Waals surface area contributed by atoms with Gasteiger partial charge in [-0.05, 0) is 31.0 Å². The van der Waals surface area contributed by atoms with Crippen molar-refractivity contribution in [1.29, 1.82) is 0 Å². The summed E-state index contributed by atoms with van der Waals surface area (Å²) in [5, 5.41) is 6.26. The minimum atomic E-state index is -3.63. The number of anilines is 2. The van der Waals surface area contributed by atoms with Gasteiger partial charge in [-0.2, -0.15) is 4.31 Å². The van der Waals surface area contributed by atoms with Gasteiger partial charge in [0.05, 0.1) is 42.7 Å². The molecule has 2 saturated heterocycles. The number of esters is 1. The molecule has 156 valence electrons. The quantitative estimate of drug-likeness (QED) is 0.605. The topological polar surface area (TPSA) is 106 Å². The van der Waals surface area contributed by atoms with Gasteiger partial charge in [-0.1, -0.05) is 0 Å². The molecule has 0 aliphatic carbocycles. The SMILES string of the molecule is COC(=O)CNc1cc(S(=O)(=O)N2CCOCC2)ccc1NCC1CCCO1. The molecule has 1 aromatic carbocycles. The molecule has 1 atom stereocenters. The highest BCUT2D eigenvalue weighted by Gasteiger charge is 2.27.